The Morgan fingerprint density at radius 1 is 0.920 bits per heavy atom. The Morgan fingerprint density at radius 3 is 2.12 bits per heavy atom. The van der Waals surface area contributed by atoms with E-state index < -0.39 is 0 Å². The highest BCUT2D eigenvalue weighted by Crippen LogP contribution is 2.35. The molecule has 0 unspecified atom stereocenters. The van der Waals surface area contributed by atoms with Gasteiger partial charge in [-0.1, -0.05) is 72.6 Å². The number of rotatable bonds is 13. The first-order valence-electron chi connectivity index (χ1n) is 11.3. The maximum absolute atomic E-state index is 6.49. The molecule has 2 nitrogen and oxygen atoms in total. The maximum atomic E-state index is 6.49. The summed E-state index contributed by atoms with van der Waals surface area (Å²) >= 11 is 0. The Morgan fingerprint density at radius 2 is 1.52 bits per heavy atom. The second-order valence-electron chi connectivity index (χ2n) is 9.79. The average molecular weight is 355 g/mol. The van der Waals surface area contributed by atoms with Gasteiger partial charge in [-0.2, -0.15) is 0 Å². The van der Waals surface area contributed by atoms with Gasteiger partial charge < -0.3 is 9.22 Å². The number of hydrogen-bond donors (Lipinski definition) is 0. The molecule has 150 valence electrons. The second-order valence-corrected chi connectivity index (χ2v) is 9.79. The predicted molar refractivity (Wildman–Crippen MR) is 111 cm³/mol. The van der Waals surface area contributed by atoms with Crippen LogP contribution >= 0.6 is 0 Å². The highest BCUT2D eigenvalue weighted by Gasteiger charge is 2.32. The Balaban J connectivity index is 2.20. The minimum atomic E-state index is 0.486. The van der Waals surface area contributed by atoms with Gasteiger partial charge in [0.1, 0.15) is 0 Å². The molecule has 1 fully saturated rings. The fourth-order valence-corrected chi connectivity index (χ4v) is 4.34. The molecule has 0 bridgehead atoms. The van der Waals surface area contributed by atoms with Crippen LogP contribution in [0.2, 0.25) is 0 Å². The Hall–Kier alpha value is -0.0800. The zero-order valence-electron chi connectivity index (χ0n) is 18.4. The molecule has 1 aliphatic carbocycles. The molecule has 1 saturated carbocycles. The number of nitrogens with zero attached hydrogens (tertiary/aromatic N) is 1. The molecule has 2 heteroatoms. The Bertz CT molecular complexity index is 326. The van der Waals surface area contributed by atoms with Gasteiger partial charge in [-0.3, -0.25) is 0 Å². The van der Waals surface area contributed by atoms with Crippen molar-refractivity contribution in [2.45, 2.75) is 104 Å². The maximum Gasteiger partial charge on any atom is 0.183 e. The van der Waals surface area contributed by atoms with Crippen LogP contribution in [0, 0.1) is 17.8 Å². The summed E-state index contributed by atoms with van der Waals surface area (Å²) in [6.45, 7) is 11.6. The van der Waals surface area contributed by atoms with E-state index in [1.165, 1.54) is 77.2 Å². The van der Waals surface area contributed by atoms with Crippen molar-refractivity contribution >= 4 is 0 Å². The lowest BCUT2D eigenvalue weighted by molar-refractivity contribution is -0.911. The van der Waals surface area contributed by atoms with Gasteiger partial charge in [0.25, 0.3) is 0 Å². The van der Waals surface area contributed by atoms with Gasteiger partial charge in [0.2, 0.25) is 0 Å². The van der Waals surface area contributed by atoms with Gasteiger partial charge in [-0.15, -0.1) is 0 Å². The van der Waals surface area contributed by atoms with E-state index in [0.717, 1.165) is 29.0 Å². The molecule has 0 radical (unpaired) electrons. The third-order valence-corrected chi connectivity index (χ3v) is 6.22. The molecule has 0 amide bonds. The smallest absolute Gasteiger partial charge is 0.183 e. The third kappa shape index (κ3) is 9.99. The van der Waals surface area contributed by atoms with Gasteiger partial charge in [0.05, 0.1) is 26.7 Å². The number of quaternary nitrogens is 1. The van der Waals surface area contributed by atoms with Crippen LogP contribution in [-0.2, 0) is 4.74 Å². The monoisotopic (exact) mass is 354 g/mol. The zero-order chi connectivity index (χ0) is 18.7. The molecule has 0 heterocycles. The molecule has 0 aliphatic heterocycles. The molecule has 0 spiro atoms. The fourth-order valence-electron chi connectivity index (χ4n) is 4.34. The van der Waals surface area contributed by atoms with Crippen molar-refractivity contribution in [3.63, 3.8) is 0 Å². The van der Waals surface area contributed by atoms with Crippen LogP contribution in [0.25, 0.3) is 0 Å². The number of hydrogen-bond acceptors (Lipinski definition) is 1. The first-order chi connectivity index (χ1) is 11.9. The quantitative estimate of drug-likeness (QED) is 0.205. The van der Waals surface area contributed by atoms with E-state index in [1.54, 1.807) is 0 Å². The molecular weight excluding hydrogens is 306 g/mol. The van der Waals surface area contributed by atoms with E-state index >= 15 is 0 Å². The van der Waals surface area contributed by atoms with Gasteiger partial charge in [-0.05, 0) is 43.4 Å². The Labute approximate surface area is 159 Å². The number of unbranched alkanes of at least 4 members (excludes halogenated alkanes) is 7. The summed E-state index contributed by atoms with van der Waals surface area (Å²) in [5.41, 5.74) is 0. The normalized spacial score (nSPS) is 24.8. The number of ether oxygens (including phenoxy) is 1. The highest BCUT2D eigenvalue weighted by molar-refractivity contribution is 4.81. The van der Waals surface area contributed by atoms with Crippen molar-refractivity contribution in [3.05, 3.63) is 0 Å². The fraction of sp³-hybridized carbons (Fsp3) is 1.00. The summed E-state index contributed by atoms with van der Waals surface area (Å²) < 4.78 is 7.51. The predicted octanol–water partition coefficient (Wildman–Crippen LogP) is 6.64. The highest BCUT2D eigenvalue weighted by atomic mass is 16.5. The van der Waals surface area contributed by atoms with Crippen LogP contribution in [-0.4, -0.2) is 38.0 Å². The van der Waals surface area contributed by atoms with Crippen molar-refractivity contribution in [3.8, 4) is 0 Å². The van der Waals surface area contributed by atoms with Crippen LogP contribution in [0.5, 0.6) is 0 Å². The third-order valence-electron chi connectivity index (χ3n) is 6.22. The van der Waals surface area contributed by atoms with Gasteiger partial charge >= 0.3 is 0 Å². The average Bonchev–Trinajstić information content (AvgIpc) is 2.55. The summed E-state index contributed by atoms with van der Waals surface area (Å²) in [7, 11) is 4.69. The van der Waals surface area contributed by atoms with E-state index in [-0.39, 0.29) is 0 Å². The van der Waals surface area contributed by atoms with E-state index in [2.05, 4.69) is 41.8 Å². The van der Waals surface area contributed by atoms with Gasteiger partial charge in [0.15, 0.2) is 6.73 Å². The van der Waals surface area contributed by atoms with Gasteiger partial charge in [0, 0.05) is 0 Å². The Kier molecular flexibility index (Phi) is 11.3. The SMILES string of the molecule is CCCCCCCCCC[N+](C)(C)CO[C@H]1C[C@@H](C)CC[C@@H]1C(C)C. The standard InChI is InChI=1S/C23H48NO/c1-7-8-9-10-11-12-13-14-17-24(5,6)19-25-23-18-21(4)15-16-22(23)20(2)3/h20-23H,7-19H2,1-6H3/q+1/t21-,22+,23-/m0/s1. The second kappa shape index (κ2) is 12.3. The summed E-state index contributed by atoms with van der Waals surface area (Å²) in [5.74, 6) is 2.35. The summed E-state index contributed by atoms with van der Waals surface area (Å²) in [4.78, 5) is 0. The lowest BCUT2D eigenvalue weighted by Crippen LogP contribution is -2.45. The summed E-state index contributed by atoms with van der Waals surface area (Å²) in [5, 5.41) is 0. The van der Waals surface area contributed by atoms with Gasteiger partial charge in [-0.25, -0.2) is 0 Å². The molecule has 25 heavy (non-hydrogen) atoms. The van der Waals surface area contributed by atoms with Crippen molar-refractivity contribution in [2.24, 2.45) is 17.8 Å². The van der Waals surface area contributed by atoms with E-state index in [9.17, 15) is 0 Å². The van der Waals surface area contributed by atoms with E-state index in [0.29, 0.717) is 6.10 Å². The molecule has 0 N–H and O–H groups in total. The topological polar surface area (TPSA) is 9.23 Å². The molecule has 0 saturated heterocycles. The van der Waals surface area contributed by atoms with Crippen LogP contribution in [0.4, 0.5) is 0 Å². The van der Waals surface area contributed by atoms with Crippen LogP contribution in [0.3, 0.4) is 0 Å². The molecule has 0 aromatic rings. The molecule has 1 rings (SSSR count). The first kappa shape index (κ1) is 23.0. The summed E-state index contributed by atoms with van der Waals surface area (Å²) in [6, 6.07) is 0. The molecule has 0 aromatic carbocycles. The lowest BCUT2D eigenvalue weighted by Gasteiger charge is -2.39. The van der Waals surface area contributed by atoms with Crippen LogP contribution in [0.15, 0.2) is 0 Å². The van der Waals surface area contributed by atoms with Crippen molar-refractivity contribution in [1.82, 2.24) is 0 Å². The molecular formula is C23H48NO+. The van der Waals surface area contributed by atoms with Crippen LogP contribution in [0.1, 0.15) is 98.3 Å². The molecule has 0 aromatic heterocycles. The molecule has 1 aliphatic rings. The molecule has 3 atom stereocenters. The minimum Gasteiger partial charge on any atom is -0.328 e. The van der Waals surface area contributed by atoms with Crippen molar-refractivity contribution < 1.29 is 9.22 Å². The lowest BCUT2D eigenvalue weighted by atomic mass is 9.75. The van der Waals surface area contributed by atoms with Crippen molar-refractivity contribution in [2.75, 3.05) is 27.4 Å². The minimum absolute atomic E-state index is 0.486. The van der Waals surface area contributed by atoms with E-state index in [1.807, 2.05) is 0 Å². The van der Waals surface area contributed by atoms with Crippen molar-refractivity contribution in [1.29, 1.82) is 0 Å². The summed E-state index contributed by atoms with van der Waals surface area (Å²) in [6.07, 6.45) is 15.7. The van der Waals surface area contributed by atoms with Crippen LogP contribution < -0.4 is 0 Å². The zero-order valence-corrected chi connectivity index (χ0v) is 18.4. The largest absolute Gasteiger partial charge is 0.328 e. The first-order valence-corrected chi connectivity index (χ1v) is 11.3. The van der Waals surface area contributed by atoms with E-state index in [4.69, 9.17) is 4.74 Å².